The molecule has 2 N–H and O–H groups in total. The van der Waals surface area contributed by atoms with E-state index in [1.54, 1.807) is 13.8 Å². The summed E-state index contributed by atoms with van der Waals surface area (Å²) in [5.41, 5.74) is 1.86. The van der Waals surface area contributed by atoms with Crippen LogP contribution in [0, 0.1) is 25.2 Å². The van der Waals surface area contributed by atoms with Crippen molar-refractivity contribution in [2.75, 3.05) is 5.32 Å². The Labute approximate surface area is 150 Å². The number of H-pyrrole nitrogens is 1. The summed E-state index contributed by atoms with van der Waals surface area (Å²) < 4.78 is 0. The molecule has 0 aliphatic rings. The number of amides is 1. The smallest absolute Gasteiger partial charge is 0.266 e. The molecule has 0 aliphatic carbocycles. The molecule has 0 bridgehead atoms. The average Bonchev–Trinajstić information content (AvgIpc) is 3.00. The molecular formula is C17H21N5O2S. The number of carbonyl (C=O) groups excluding carboxylic acids is 1. The van der Waals surface area contributed by atoms with Gasteiger partial charge in [-0.25, -0.2) is 0 Å². The number of pyridine rings is 1. The maximum Gasteiger partial charge on any atom is 0.266 e. The van der Waals surface area contributed by atoms with Gasteiger partial charge in [0.2, 0.25) is 11.0 Å². The number of rotatable bonds is 7. The summed E-state index contributed by atoms with van der Waals surface area (Å²) in [6.07, 6.45) is 3.69. The average molecular weight is 359 g/mol. The lowest BCUT2D eigenvalue weighted by Gasteiger charge is -2.10. The van der Waals surface area contributed by atoms with E-state index >= 15 is 0 Å². The summed E-state index contributed by atoms with van der Waals surface area (Å²) in [5.74, 6) is -0.165. The molecule has 25 heavy (non-hydrogen) atoms. The standard InChI is InChI=1S/C17H21N5O2S/c1-4-5-6-15-21-22-17(25-15)20-14(23)8-7-12-10(2)13(9-18)16(24)19-11(12)3/h4-8H2,1-3H3,(H,19,24)(H,20,22,23). The third-order valence-electron chi connectivity index (χ3n) is 3.98. The van der Waals surface area contributed by atoms with Gasteiger partial charge >= 0.3 is 0 Å². The summed E-state index contributed by atoms with van der Waals surface area (Å²) in [4.78, 5) is 26.5. The number of unbranched alkanes of at least 4 members (excludes halogenated alkanes) is 1. The summed E-state index contributed by atoms with van der Waals surface area (Å²) in [6.45, 7) is 5.62. The van der Waals surface area contributed by atoms with Gasteiger partial charge in [-0.1, -0.05) is 24.7 Å². The molecule has 0 radical (unpaired) electrons. The number of nitrogens with zero attached hydrogens (tertiary/aromatic N) is 3. The molecule has 0 saturated heterocycles. The minimum Gasteiger partial charge on any atom is -0.325 e. The quantitative estimate of drug-likeness (QED) is 0.789. The largest absolute Gasteiger partial charge is 0.325 e. The van der Waals surface area contributed by atoms with E-state index in [1.807, 2.05) is 6.07 Å². The van der Waals surface area contributed by atoms with Crippen molar-refractivity contribution in [3.63, 3.8) is 0 Å². The molecule has 0 fully saturated rings. The molecule has 132 valence electrons. The zero-order valence-corrected chi connectivity index (χ0v) is 15.4. The molecule has 2 heterocycles. The molecule has 0 aliphatic heterocycles. The molecule has 2 rings (SSSR count). The first-order chi connectivity index (χ1) is 12.0. The number of anilines is 1. The predicted molar refractivity (Wildman–Crippen MR) is 96.7 cm³/mol. The highest BCUT2D eigenvalue weighted by atomic mass is 32.1. The van der Waals surface area contributed by atoms with Crippen LogP contribution in [0.3, 0.4) is 0 Å². The predicted octanol–water partition coefficient (Wildman–Crippen LogP) is 2.63. The summed E-state index contributed by atoms with van der Waals surface area (Å²) in [6, 6.07) is 1.92. The second kappa shape index (κ2) is 8.53. The van der Waals surface area contributed by atoms with Crippen LogP contribution in [0.5, 0.6) is 0 Å². The number of aryl methyl sites for hydroxylation is 2. The maximum atomic E-state index is 12.1. The molecule has 0 saturated carbocycles. The van der Waals surface area contributed by atoms with Crippen molar-refractivity contribution in [2.45, 2.75) is 52.9 Å². The minimum absolute atomic E-state index is 0.102. The molecule has 0 unspecified atom stereocenters. The topological polar surface area (TPSA) is 112 Å². The van der Waals surface area contributed by atoms with Gasteiger partial charge in [0.1, 0.15) is 16.6 Å². The lowest BCUT2D eigenvalue weighted by atomic mass is 9.99. The second-order valence-electron chi connectivity index (χ2n) is 5.82. The van der Waals surface area contributed by atoms with Crippen molar-refractivity contribution < 1.29 is 4.79 Å². The van der Waals surface area contributed by atoms with E-state index < -0.39 is 0 Å². The molecule has 0 atom stereocenters. The first-order valence-electron chi connectivity index (χ1n) is 8.21. The maximum absolute atomic E-state index is 12.1. The highest BCUT2D eigenvalue weighted by molar-refractivity contribution is 7.15. The van der Waals surface area contributed by atoms with E-state index in [0.717, 1.165) is 29.8 Å². The van der Waals surface area contributed by atoms with Crippen LogP contribution in [-0.4, -0.2) is 21.1 Å². The van der Waals surface area contributed by atoms with E-state index in [2.05, 4.69) is 27.4 Å². The monoisotopic (exact) mass is 359 g/mol. The van der Waals surface area contributed by atoms with Crippen molar-refractivity contribution in [3.05, 3.63) is 37.7 Å². The van der Waals surface area contributed by atoms with Gasteiger partial charge in [-0.3, -0.25) is 9.59 Å². The fourth-order valence-corrected chi connectivity index (χ4v) is 3.37. The highest BCUT2D eigenvalue weighted by Gasteiger charge is 2.14. The van der Waals surface area contributed by atoms with Crippen LogP contribution in [0.15, 0.2) is 4.79 Å². The lowest BCUT2D eigenvalue weighted by Crippen LogP contribution is -2.18. The van der Waals surface area contributed by atoms with E-state index in [-0.39, 0.29) is 23.5 Å². The third-order valence-corrected chi connectivity index (χ3v) is 4.88. The van der Waals surface area contributed by atoms with Crippen molar-refractivity contribution in [2.24, 2.45) is 0 Å². The Hall–Kier alpha value is -2.53. The molecular weight excluding hydrogens is 338 g/mol. The zero-order valence-electron chi connectivity index (χ0n) is 14.6. The third kappa shape index (κ3) is 4.73. The Balaban J connectivity index is 2.00. The molecule has 2 aromatic rings. The minimum atomic E-state index is -0.390. The van der Waals surface area contributed by atoms with Crippen molar-refractivity contribution >= 4 is 22.4 Å². The van der Waals surface area contributed by atoms with Gasteiger partial charge in [0, 0.05) is 18.5 Å². The second-order valence-corrected chi connectivity index (χ2v) is 6.88. The van der Waals surface area contributed by atoms with Gasteiger partial charge in [-0.05, 0) is 37.8 Å². The molecule has 0 spiro atoms. The number of nitriles is 1. The van der Waals surface area contributed by atoms with Crippen molar-refractivity contribution in [1.29, 1.82) is 5.26 Å². The number of carbonyl (C=O) groups is 1. The van der Waals surface area contributed by atoms with Crippen molar-refractivity contribution in [1.82, 2.24) is 15.2 Å². The van der Waals surface area contributed by atoms with Crippen LogP contribution in [-0.2, 0) is 17.6 Å². The van der Waals surface area contributed by atoms with Gasteiger partial charge in [0.25, 0.3) is 5.56 Å². The van der Waals surface area contributed by atoms with Gasteiger partial charge in [-0.2, -0.15) is 5.26 Å². The van der Waals surface area contributed by atoms with Gasteiger partial charge in [-0.15, -0.1) is 10.2 Å². The Morgan fingerprint density at radius 2 is 2.08 bits per heavy atom. The summed E-state index contributed by atoms with van der Waals surface area (Å²) in [7, 11) is 0. The molecule has 2 aromatic heterocycles. The Kier molecular flexibility index (Phi) is 6.42. The normalized spacial score (nSPS) is 10.5. The van der Waals surface area contributed by atoms with Crippen LogP contribution >= 0.6 is 11.3 Å². The van der Waals surface area contributed by atoms with Crippen molar-refractivity contribution in [3.8, 4) is 6.07 Å². The van der Waals surface area contributed by atoms with Crippen LogP contribution < -0.4 is 10.9 Å². The Bertz CT molecular complexity index is 863. The summed E-state index contributed by atoms with van der Waals surface area (Å²) >= 11 is 1.39. The first-order valence-corrected chi connectivity index (χ1v) is 9.02. The molecule has 7 nitrogen and oxygen atoms in total. The number of aromatic nitrogens is 3. The molecule has 8 heteroatoms. The highest BCUT2D eigenvalue weighted by Crippen LogP contribution is 2.19. The SMILES string of the molecule is CCCCc1nnc(NC(=O)CCc2c(C)[nH]c(=O)c(C#N)c2C)s1. The number of hydrogen-bond donors (Lipinski definition) is 2. The fraction of sp³-hybridized carbons (Fsp3) is 0.471. The van der Waals surface area contributed by atoms with E-state index in [9.17, 15) is 9.59 Å². The van der Waals surface area contributed by atoms with E-state index in [0.29, 0.717) is 22.8 Å². The van der Waals surface area contributed by atoms with Gasteiger partial charge < -0.3 is 10.3 Å². The number of aromatic amines is 1. The van der Waals surface area contributed by atoms with Crippen LogP contribution in [0.2, 0.25) is 0 Å². The Morgan fingerprint density at radius 3 is 2.76 bits per heavy atom. The first kappa shape index (κ1) is 18.8. The molecule has 1 amide bonds. The van der Waals surface area contributed by atoms with Crippen LogP contribution in [0.1, 0.15) is 53.6 Å². The fourth-order valence-electron chi connectivity index (χ4n) is 2.57. The van der Waals surface area contributed by atoms with Crippen LogP contribution in [0.25, 0.3) is 0 Å². The number of hydrogen-bond acceptors (Lipinski definition) is 6. The van der Waals surface area contributed by atoms with Gasteiger partial charge in [0.05, 0.1) is 0 Å². The summed E-state index contributed by atoms with van der Waals surface area (Å²) in [5, 5.41) is 21.3. The van der Waals surface area contributed by atoms with Crippen LogP contribution in [0.4, 0.5) is 5.13 Å². The van der Waals surface area contributed by atoms with E-state index in [4.69, 9.17) is 5.26 Å². The van der Waals surface area contributed by atoms with Gasteiger partial charge in [0.15, 0.2) is 0 Å². The zero-order chi connectivity index (χ0) is 18.4. The Morgan fingerprint density at radius 1 is 1.32 bits per heavy atom. The molecule has 0 aromatic carbocycles. The lowest BCUT2D eigenvalue weighted by molar-refractivity contribution is -0.116. The van der Waals surface area contributed by atoms with E-state index in [1.165, 1.54) is 11.3 Å². The number of nitrogens with one attached hydrogen (secondary N) is 2.